The van der Waals surface area contributed by atoms with Crippen LogP contribution in [0.2, 0.25) is 0 Å². The molecule has 0 radical (unpaired) electrons. The third kappa shape index (κ3) is 5.12. The van der Waals surface area contributed by atoms with Crippen molar-refractivity contribution in [3.8, 4) is 0 Å². The van der Waals surface area contributed by atoms with E-state index in [0.29, 0.717) is 12.1 Å². The smallest absolute Gasteiger partial charge is 0.550 e. The molecule has 1 aromatic heterocycles. The van der Waals surface area contributed by atoms with Gasteiger partial charge in [0.25, 0.3) is 0 Å². The van der Waals surface area contributed by atoms with Crippen LogP contribution in [0, 0.1) is 5.92 Å². The van der Waals surface area contributed by atoms with E-state index in [-0.39, 0.29) is 46.8 Å². The summed E-state index contributed by atoms with van der Waals surface area (Å²) in [6.07, 6.45) is 4.24. The van der Waals surface area contributed by atoms with Gasteiger partial charge in [0.15, 0.2) is 0 Å². The molecule has 1 heterocycles. The van der Waals surface area contributed by atoms with Gasteiger partial charge in [0.05, 0.1) is 0 Å². The monoisotopic (exact) mass is 368 g/mol. The number of hydrogen-bond donors (Lipinski definition) is 1. The van der Waals surface area contributed by atoms with Crippen molar-refractivity contribution in [1.82, 2.24) is 9.71 Å². The van der Waals surface area contributed by atoms with Gasteiger partial charge in [0.1, 0.15) is 4.90 Å². The number of nitrogens with zero attached hydrogens (tertiary/aromatic N) is 1. The Hall–Kier alpha value is -1.25. The number of aromatic nitrogens is 1. The topological polar surface area (TPSA) is 99.2 Å². The van der Waals surface area contributed by atoms with Gasteiger partial charge >= 0.3 is 29.6 Å². The number of carboxylic acid groups (broad SMARTS) is 1. The molecule has 2 aromatic rings. The molecule has 1 unspecified atom stereocenters. The zero-order valence-electron chi connectivity index (χ0n) is 13.9. The van der Waals surface area contributed by atoms with Crippen molar-refractivity contribution in [2.45, 2.75) is 24.2 Å². The van der Waals surface area contributed by atoms with Gasteiger partial charge in [-0.1, -0.05) is 18.2 Å². The van der Waals surface area contributed by atoms with Crippen LogP contribution in [0.1, 0.15) is 16.7 Å². The average molecular weight is 368 g/mol. The summed E-state index contributed by atoms with van der Waals surface area (Å²) in [6.45, 7) is 0.335. The van der Waals surface area contributed by atoms with E-state index in [9.17, 15) is 18.3 Å². The molecule has 8 heteroatoms. The molecular weight excluding hydrogens is 351 g/mol. The fourth-order valence-corrected chi connectivity index (χ4v) is 4.08. The van der Waals surface area contributed by atoms with Crippen molar-refractivity contribution < 1.29 is 47.9 Å². The second kappa shape index (κ2) is 8.42. The molecule has 0 spiro atoms. The first-order valence-electron chi connectivity index (χ1n) is 7.64. The number of hydrogen-bond acceptors (Lipinski definition) is 5. The Morgan fingerprint density at radius 3 is 2.68 bits per heavy atom. The number of nitrogens with one attached hydrogen (secondary N) is 1. The van der Waals surface area contributed by atoms with E-state index < -0.39 is 16.0 Å². The van der Waals surface area contributed by atoms with Gasteiger partial charge in [-0.05, 0) is 47.6 Å². The van der Waals surface area contributed by atoms with E-state index in [2.05, 4.69) is 9.71 Å². The third-order valence-corrected chi connectivity index (χ3v) is 5.55. The van der Waals surface area contributed by atoms with Crippen LogP contribution in [0.3, 0.4) is 0 Å². The maximum absolute atomic E-state index is 12.2. The molecule has 3 rings (SSSR count). The Morgan fingerprint density at radius 1 is 1.24 bits per heavy atom. The molecule has 126 valence electrons. The number of carbonyl (C=O) groups is 1. The summed E-state index contributed by atoms with van der Waals surface area (Å²) in [7, 11) is -3.56. The van der Waals surface area contributed by atoms with Gasteiger partial charge in [-0.3, -0.25) is 4.98 Å². The van der Waals surface area contributed by atoms with E-state index >= 15 is 0 Å². The Balaban J connectivity index is 0.00000225. The predicted molar refractivity (Wildman–Crippen MR) is 85.5 cm³/mol. The Morgan fingerprint density at radius 2 is 2.00 bits per heavy atom. The summed E-state index contributed by atoms with van der Waals surface area (Å²) in [5.41, 5.74) is 2.94. The molecule has 6 nitrogen and oxygen atoms in total. The second-order valence-corrected chi connectivity index (χ2v) is 7.73. The number of fused-ring (bicyclic) bond motifs is 1. The SMILES string of the molecule is O=C([O-])Cc1ccc2c(c1)CC(CNS(=O)(=O)c1cccnc1)C2.[Na+]. The van der Waals surface area contributed by atoms with Crippen molar-refractivity contribution in [2.75, 3.05) is 6.54 Å². The number of aliphatic carboxylic acids is 1. The van der Waals surface area contributed by atoms with Gasteiger partial charge in [-0.2, -0.15) is 0 Å². The molecule has 0 saturated carbocycles. The van der Waals surface area contributed by atoms with E-state index in [4.69, 9.17) is 0 Å². The van der Waals surface area contributed by atoms with Crippen LogP contribution in [0.15, 0.2) is 47.6 Å². The van der Waals surface area contributed by atoms with Crippen molar-refractivity contribution in [1.29, 1.82) is 0 Å². The normalized spacial score (nSPS) is 16.1. The summed E-state index contributed by atoms with van der Waals surface area (Å²) in [5, 5.41) is 10.7. The fourth-order valence-electron chi connectivity index (χ4n) is 3.00. The first kappa shape index (κ1) is 20.1. The maximum Gasteiger partial charge on any atom is 1.00 e. The van der Waals surface area contributed by atoms with Gasteiger partial charge in [0, 0.05) is 31.3 Å². The minimum Gasteiger partial charge on any atom is -0.550 e. The van der Waals surface area contributed by atoms with E-state index in [0.717, 1.165) is 24.0 Å². The molecule has 1 N–H and O–H groups in total. The minimum absolute atomic E-state index is 0. The number of carbonyl (C=O) groups excluding carboxylic acids is 1. The molecule has 1 atom stereocenters. The summed E-state index contributed by atoms with van der Waals surface area (Å²) < 4.78 is 27.1. The molecule has 1 aromatic carbocycles. The van der Waals surface area contributed by atoms with Crippen LogP contribution >= 0.6 is 0 Å². The fraction of sp³-hybridized carbons (Fsp3) is 0.294. The van der Waals surface area contributed by atoms with Crippen LogP contribution in [0.4, 0.5) is 0 Å². The molecular formula is C17H17N2NaO4S. The quantitative estimate of drug-likeness (QED) is 0.551. The number of pyridine rings is 1. The first-order chi connectivity index (χ1) is 11.4. The Bertz CT molecular complexity index is 856. The maximum atomic E-state index is 12.2. The average Bonchev–Trinajstić information content (AvgIpc) is 2.95. The van der Waals surface area contributed by atoms with E-state index in [1.165, 1.54) is 18.5 Å². The molecule has 0 fully saturated rings. The largest absolute Gasteiger partial charge is 1.00 e. The molecule has 1 aliphatic carbocycles. The van der Waals surface area contributed by atoms with Crippen molar-refractivity contribution >= 4 is 16.0 Å². The zero-order chi connectivity index (χ0) is 17.2. The van der Waals surface area contributed by atoms with Crippen LogP contribution in [0.5, 0.6) is 0 Å². The number of benzene rings is 1. The van der Waals surface area contributed by atoms with Crippen LogP contribution in [0.25, 0.3) is 0 Å². The summed E-state index contributed by atoms with van der Waals surface area (Å²) in [4.78, 5) is 14.7. The molecule has 0 bridgehead atoms. The van der Waals surface area contributed by atoms with Gasteiger partial charge in [0.2, 0.25) is 10.0 Å². The van der Waals surface area contributed by atoms with Crippen LogP contribution in [-0.2, 0) is 34.1 Å². The molecule has 0 amide bonds. The van der Waals surface area contributed by atoms with Crippen molar-refractivity contribution in [2.24, 2.45) is 5.92 Å². The standard InChI is InChI=1S/C17H18N2O4S.Na/c20-17(21)9-12-3-4-14-7-13(8-15(14)6-12)10-19-24(22,23)16-2-1-5-18-11-16;/h1-6,11,13,19H,7-10H2,(H,20,21);/q;+1/p-1. The van der Waals surface area contributed by atoms with Gasteiger partial charge in [-0.15, -0.1) is 0 Å². The Labute approximate surface area is 169 Å². The number of carboxylic acids is 1. The van der Waals surface area contributed by atoms with E-state index in [1.54, 1.807) is 12.1 Å². The van der Waals surface area contributed by atoms with Crippen molar-refractivity contribution in [3.05, 3.63) is 59.4 Å². The number of rotatable bonds is 6. The minimum atomic E-state index is -3.56. The molecule has 0 saturated heterocycles. The second-order valence-electron chi connectivity index (χ2n) is 5.97. The Kier molecular flexibility index (Phi) is 6.76. The van der Waals surface area contributed by atoms with Crippen molar-refractivity contribution in [3.63, 3.8) is 0 Å². The van der Waals surface area contributed by atoms with Gasteiger partial charge in [-0.25, -0.2) is 13.1 Å². The molecule has 0 aliphatic heterocycles. The molecule has 25 heavy (non-hydrogen) atoms. The molecule has 1 aliphatic rings. The predicted octanol–water partition coefficient (Wildman–Crippen LogP) is -2.93. The van der Waals surface area contributed by atoms with Crippen LogP contribution < -0.4 is 39.4 Å². The third-order valence-electron chi connectivity index (χ3n) is 4.14. The summed E-state index contributed by atoms with van der Waals surface area (Å²) in [6, 6.07) is 8.67. The summed E-state index contributed by atoms with van der Waals surface area (Å²) >= 11 is 0. The van der Waals surface area contributed by atoms with Crippen LogP contribution in [-0.4, -0.2) is 25.9 Å². The first-order valence-corrected chi connectivity index (χ1v) is 9.12. The van der Waals surface area contributed by atoms with E-state index in [1.807, 2.05) is 12.1 Å². The zero-order valence-corrected chi connectivity index (χ0v) is 16.8. The number of sulfonamides is 1. The van der Waals surface area contributed by atoms with Gasteiger partial charge < -0.3 is 9.90 Å². The summed E-state index contributed by atoms with van der Waals surface area (Å²) in [5.74, 6) is -0.946.